The third kappa shape index (κ3) is 5.68. The molecule has 7 heteroatoms. The van der Waals surface area contributed by atoms with Gasteiger partial charge in [-0.05, 0) is 56.3 Å². The molecule has 0 radical (unpaired) electrons. The summed E-state index contributed by atoms with van der Waals surface area (Å²) in [5, 5.41) is 12.1. The first-order chi connectivity index (χ1) is 14.9. The number of carbonyl (C=O) groups is 1. The predicted octanol–water partition coefficient (Wildman–Crippen LogP) is 2.62. The van der Waals surface area contributed by atoms with E-state index in [1.807, 2.05) is 44.2 Å². The predicted molar refractivity (Wildman–Crippen MR) is 122 cm³/mol. The zero-order chi connectivity index (χ0) is 22.4. The average molecular weight is 428 g/mol. The molecular formula is C24H33N3O4. The summed E-state index contributed by atoms with van der Waals surface area (Å²) in [7, 11) is 3.70. The van der Waals surface area contributed by atoms with Crippen molar-refractivity contribution in [1.29, 1.82) is 0 Å². The first-order valence-electron chi connectivity index (χ1n) is 10.7. The Bertz CT molecular complexity index is 894. The van der Waals surface area contributed by atoms with Crippen molar-refractivity contribution in [1.82, 2.24) is 10.2 Å². The van der Waals surface area contributed by atoms with Crippen LogP contribution in [-0.4, -0.2) is 69.5 Å². The van der Waals surface area contributed by atoms with E-state index < -0.39 is 0 Å². The van der Waals surface area contributed by atoms with Crippen LogP contribution in [0.1, 0.15) is 34.5 Å². The van der Waals surface area contributed by atoms with Gasteiger partial charge < -0.3 is 29.7 Å². The van der Waals surface area contributed by atoms with Crippen LogP contribution in [0.25, 0.3) is 0 Å². The number of amides is 1. The van der Waals surface area contributed by atoms with E-state index in [-0.39, 0.29) is 25.2 Å². The van der Waals surface area contributed by atoms with Gasteiger partial charge in [0.25, 0.3) is 5.91 Å². The molecule has 0 saturated carbocycles. The molecule has 1 heterocycles. The molecule has 168 valence electrons. The van der Waals surface area contributed by atoms with Crippen LogP contribution in [-0.2, 0) is 0 Å². The second-order valence-electron chi connectivity index (χ2n) is 7.97. The van der Waals surface area contributed by atoms with Gasteiger partial charge in [0.1, 0.15) is 6.61 Å². The Hall–Kier alpha value is -2.77. The SMILES string of the molecule is COc1ccc([C@@H](C)NC(=O)c2cc(N3CCN(C)CC3)ccc2C)cc1OCCO. The summed E-state index contributed by atoms with van der Waals surface area (Å²) in [6.45, 7) is 7.95. The number of hydrogen-bond donors (Lipinski definition) is 2. The number of piperazine rings is 1. The lowest BCUT2D eigenvalue weighted by molar-refractivity contribution is 0.0939. The van der Waals surface area contributed by atoms with E-state index in [9.17, 15) is 4.79 Å². The molecule has 3 rings (SSSR count). The summed E-state index contributed by atoms with van der Waals surface area (Å²) in [5.74, 6) is 1.03. The van der Waals surface area contributed by atoms with Crippen molar-refractivity contribution in [2.75, 3.05) is 58.5 Å². The summed E-state index contributed by atoms with van der Waals surface area (Å²) < 4.78 is 10.9. The molecule has 31 heavy (non-hydrogen) atoms. The average Bonchev–Trinajstić information content (AvgIpc) is 2.78. The minimum absolute atomic E-state index is 0.0808. The first-order valence-corrected chi connectivity index (χ1v) is 10.7. The van der Waals surface area contributed by atoms with E-state index in [2.05, 4.69) is 28.2 Å². The van der Waals surface area contributed by atoms with Crippen molar-refractivity contribution in [3.8, 4) is 11.5 Å². The third-order valence-corrected chi connectivity index (χ3v) is 5.72. The molecule has 1 aliphatic heterocycles. The smallest absolute Gasteiger partial charge is 0.252 e. The van der Waals surface area contributed by atoms with E-state index >= 15 is 0 Å². The molecule has 0 spiro atoms. The number of carbonyl (C=O) groups excluding carboxylic acids is 1. The van der Waals surface area contributed by atoms with Gasteiger partial charge in [-0.15, -0.1) is 0 Å². The Morgan fingerprint density at radius 3 is 2.55 bits per heavy atom. The van der Waals surface area contributed by atoms with Crippen LogP contribution >= 0.6 is 0 Å². The van der Waals surface area contributed by atoms with Crippen molar-refractivity contribution < 1.29 is 19.4 Å². The fraction of sp³-hybridized carbons (Fsp3) is 0.458. The second-order valence-corrected chi connectivity index (χ2v) is 7.97. The molecule has 1 saturated heterocycles. The number of nitrogens with one attached hydrogen (secondary N) is 1. The molecule has 0 bridgehead atoms. The fourth-order valence-electron chi connectivity index (χ4n) is 3.70. The Morgan fingerprint density at radius 1 is 1.13 bits per heavy atom. The van der Waals surface area contributed by atoms with Crippen molar-refractivity contribution in [3.05, 3.63) is 53.1 Å². The molecule has 1 amide bonds. The Kier molecular flexibility index (Phi) is 7.76. The Balaban J connectivity index is 1.74. The van der Waals surface area contributed by atoms with Crippen LogP contribution in [0.2, 0.25) is 0 Å². The zero-order valence-corrected chi connectivity index (χ0v) is 18.9. The van der Waals surface area contributed by atoms with Gasteiger partial charge in [0.15, 0.2) is 11.5 Å². The highest BCUT2D eigenvalue weighted by Crippen LogP contribution is 2.30. The number of likely N-dealkylation sites (N-methyl/N-ethyl adjacent to an activating group) is 1. The van der Waals surface area contributed by atoms with E-state index in [0.717, 1.165) is 43.0 Å². The molecular weight excluding hydrogens is 394 g/mol. The Morgan fingerprint density at radius 2 is 1.87 bits per heavy atom. The largest absolute Gasteiger partial charge is 0.493 e. The van der Waals surface area contributed by atoms with E-state index in [1.165, 1.54) is 0 Å². The highest BCUT2D eigenvalue weighted by atomic mass is 16.5. The fourth-order valence-corrected chi connectivity index (χ4v) is 3.70. The van der Waals surface area contributed by atoms with Gasteiger partial charge in [-0.2, -0.15) is 0 Å². The highest BCUT2D eigenvalue weighted by molar-refractivity contribution is 5.96. The maximum atomic E-state index is 13.1. The first kappa shape index (κ1) is 22.9. The lowest BCUT2D eigenvalue weighted by Crippen LogP contribution is -2.44. The number of hydrogen-bond acceptors (Lipinski definition) is 6. The highest BCUT2D eigenvalue weighted by Gasteiger charge is 2.19. The molecule has 2 aromatic carbocycles. The third-order valence-electron chi connectivity index (χ3n) is 5.72. The van der Waals surface area contributed by atoms with Crippen LogP contribution in [0, 0.1) is 6.92 Å². The van der Waals surface area contributed by atoms with Gasteiger partial charge in [-0.1, -0.05) is 12.1 Å². The number of aliphatic hydroxyl groups is 1. The standard InChI is InChI=1S/C24H33N3O4/c1-17-5-7-20(27-11-9-26(3)10-12-27)16-21(17)24(29)25-18(2)19-6-8-22(30-4)23(15-19)31-14-13-28/h5-8,15-16,18,28H,9-14H2,1-4H3,(H,25,29)/t18-/m1/s1. The normalized spacial score (nSPS) is 15.5. The summed E-state index contributed by atoms with van der Waals surface area (Å²) in [4.78, 5) is 17.7. The molecule has 0 aromatic heterocycles. The number of anilines is 1. The van der Waals surface area contributed by atoms with Crippen molar-refractivity contribution in [3.63, 3.8) is 0 Å². The number of ether oxygens (including phenoxy) is 2. The number of methoxy groups -OCH3 is 1. The molecule has 0 aliphatic carbocycles. The van der Waals surface area contributed by atoms with E-state index in [4.69, 9.17) is 14.6 Å². The van der Waals surface area contributed by atoms with Gasteiger partial charge >= 0.3 is 0 Å². The molecule has 7 nitrogen and oxygen atoms in total. The summed E-state index contributed by atoms with van der Waals surface area (Å²) in [6, 6.07) is 11.4. The maximum absolute atomic E-state index is 13.1. The number of benzene rings is 2. The van der Waals surface area contributed by atoms with Gasteiger partial charge in [-0.25, -0.2) is 0 Å². The van der Waals surface area contributed by atoms with Crippen LogP contribution in [0.3, 0.4) is 0 Å². The monoisotopic (exact) mass is 427 g/mol. The quantitative estimate of drug-likeness (QED) is 0.675. The van der Waals surface area contributed by atoms with Crippen molar-refractivity contribution in [2.24, 2.45) is 0 Å². The summed E-state index contributed by atoms with van der Waals surface area (Å²) in [6.07, 6.45) is 0. The summed E-state index contributed by atoms with van der Waals surface area (Å²) >= 11 is 0. The van der Waals surface area contributed by atoms with Crippen LogP contribution in [0.15, 0.2) is 36.4 Å². The molecule has 1 atom stereocenters. The number of aryl methyl sites for hydroxylation is 1. The number of aliphatic hydroxyl groups excluding tert-OH is 1. The number of nitrogens with zero attached hydrogens (tertiary/aromatic N) is 2. The minimum Gasteiger partial charge on any atom is -0.493 e. The van der Waals surface area contributed by atoms with Crippen LogP contribution in [0.4, 0.5) is 5.69 Å². The van der Waals surface area contributed by atoms with Gasteiger partial charge in [-0.3, -0.25) is 4.79 Å². The van der Waals surface area contributed by atoms with Crippen LogP contribution < -0.4 is 19.7 Å². The van der Waals surface area contributed by atoms with Crippen molar-refractivity contribution in [2.45, 2.75) is 19.9 Å². The van der Waals surface area contributed by atoms with E-state index in [0.29, 0.717) is 17.1 Å². The lowest BCUT2D eigenvalue weighted by atomic mass is 10.0. The topological polar surface area (TPSA) is 74.3 Å². The molecule has 0 unspecified atom stereocenters. The Labute approximate surface area is 184 Å². The van der Waals surface area contributed by atoms with Gasteiger partial charge in [0, 0.05) is 37.4 Å². The van der Waals surface area contributed by atoms with Gasteiger partial charge in [0.2, 0.25) is 0 Å². The lowest BCUT2D eigenvalue weighted by Gasteiger charge is -2.34. The van der Waals surface area contributed by atoms with Crippen LogP contribution in [0.5, 0.6) is 11.5 Å². The zero-order valence-electron chi connectivity index (χ0n) is 18.9. The van der Waals surface area contributed by atoms with Crippen molar-refractivity contribution >= 4 is 11.6 Å². The maximum Gasteiger partial charge on any atom is 0.252 e. The molecule has 2 aromatic rings. The second kappa shape index (κ2) is 10.5. The van der Waals surface area contributed by atoms with Gasteiger partial charge in [0.05, 0.1) is 19.8 Å². The molecule has 2 N–H and O–H groups in total. The molecule has 1 fully saturated rings. The number of rotatable bonds is 8. The molecule has 1 aliphatic rings. The van der Waals surface area contributed by atoms with E-state index in [1.54, 1.807) is 7.11 Å². The summed E-state index contributed by atoms with van der Waals surface area (Å²) in [5.41, 5.74) is 3.62. The minimum atomic E-state index is -0.221.